The summed E-state index contributed by atoms with van der Waals surface area (Å²) < 4.78 is 1.88. The Labute approximate surface area is 181 Å². The number of rotatable bonds is 6. The van der Waals surface area contributed by atoms with E-state index in [1.54, 1.807) is 23.6 Å². The smallest absolute Gasteiger partial charge is 0.263 e. The van der Waals surface area contributed by atoms with Gasteiger partial charge in [0.1, 0.15) is 10.6 Å². The highest BCUT2D eigenvalue weighted by atomic mass is 32.1. The lowest BCUT2D eigenvalue weighted by atomic mass is 10.1. The molecule has 0 aliphatic rings. The van der Waals surface area contributed by atoms with Crippen LogP contribution in [0.2, 0.25) is 0 Å². The van der Waals surface area contributed by atoms with Crippen molar-refractivity contribution in [3.05, 3.63) is 61.8 Å². The van der Waals surface area contributed by atoms with Crippen LogP contribution in [0.25, 0.3) is 23.1 Å². The van der Waals surface area contributed by atoms with Gasteiger partial charge in [0.05, 0.1) is 11.2 Å². The summed E-state index contributed by atoms with van der Waals surface area (Å²) in [5.74, 6) is -0.0954. The number of nitrogens with one attached hydrogen (secondary N) is 2. The van der Waals surface area contributed by atoms with Crippen molar-refractivity contribution in [2.24, 2.45) is 0 Å². The Morgan fingerprint density at radius 3 is 2.84 bits per heavy atom. The molecule has 4 aromatic rings. The van der Waals surface area contributed by atoms with Crippen molar-refractivity contribution >= 4 is 46.2 Å². The summed E-state index contributed by atoms with van der Waals surface area (Å²) in [6, 6.07) is 5.55. The number of aromatic amines is 1. The molecule has 1 aromatic carbocycles. The number of anilines is 1. The number of aryl methyl sites for hydroxylation is 1. The minimum absolute atomic E-state index is 0.0260. The van der Waals surface area contributed by atoms with Crippen molar-refractivity contribution in [2.75, 3.05) is 5.32 Å². The van der Waals surface area contributed by atoms with E-state index in [0.29, 0.717) is 17.8 Å². The number of hydrogen-bond acceptors (Lipinski definition) is 7. The monoisotopic (exact) mass is 435 g/mol. The van der Waals surface area contributed by atoms with Gasteiger partial charge in [-0.2, -0.15) is 0 Å². The normalized spacial score (nSPS) is 11.6. The van der Waals surface area contributed by atoms with E-state index in [4.69, 9.17) is 0 Å². The van der Waals surface area contributed by atoms with Gasteiger partial charge in [0.2, 0.25) is 11.4 Å². The first-order valence-electron chi connectivity index (χ1n) is 9.82. The Morgan fingerprint density at radius 2 is 2.16 bits per heavy atom. The summed E-state index contributed by atoms with van der Waals surface area (Å²) in [5.41, 5.74) is 2.46. The highest BCUT2D eigenvalue weighted by Crippen LogP contribution is 2.21. The zero-order valence-electron chi connectivity index (χ0n) is 17.3. The van der Waals surface area contributed by atoms with Crippen LogP contribution in [-0.2, 0) is 6.54 Å². The fourth-order valence-electron chi connectivity index (χ4n) is 3.13. The van der Waals surface area contributed by atoms with Crippen LogP contribution >= 0.6 is 11.3 Å². The predicted octanol–water partition coefficient (Wildman–Crippen LogP) is 3.54. The fourth-order valence-corrected chi connectivity index (χ4v) is 4.00. The van der Waals surface area contributed by atoms with Crippen molar-refractivity contribution < 1.29 is 4.79 Å². The molecule has 2 N–H and O–H groups in total. The molecule has 0 saturated carbocycles. The number of amides is 1. The first kappa shape index (κ1) is 20.6. The number of aromatic nitrogens is 6. The zero-order valence-corrected chi connectivity index (χ0v) is 18.1. The SMILES string of the molecule is CCn1cc(C(=O)Nc2nnn[nH]2)c(=O)c2ccc(C=Cc3nc(C(C)C)cs3)cc21. The number of benzene rings is 1. The predicted molar refractivity (Wildman–Crippen MR) is 121 cm³/mol. The largest absolute Gasteiger partial charge is 0.347 e. The third kappa shape index (κ3) is 4.29. The molecule has 0 atom stereocenters. The van der Waals surface area contributed by atoms with Gasteiger partial charge in [-0.3, -0.25) is 14.9 Å². The summed E-state index contributed by atoms with van der Waals surface area (Å²) in [6.45, 7) is 6.79. The van der Waals surface area contributed by atoms with Crippen molar-refractivity contribution in [1.82, 2.24) is 30.2 Å². The lowest BCUT2D eigenvalue weighted by Gasteiger charge is -2.12. The number of fused-ring (bicyclic) bond motifs is 1. The van der Waals surface area contributed by atoms with Gasteiger partial charge in [-0.15, -0.1) is 11.3 Å². The molecule has 0 unspecified atom stereocenters. The Balaban J connectivity index is 1.68. The number of nitrogens with zero attached hydrogens (tertiary/aromatic N) is 5. The summed E-state index contributed by atoms with van der Waals surface area (Å²) >= 11 is 1.60. The molecule has 1 amide bonds. The average molecular weight is 436 g/mol. The Morgan fingerprint density at radius 1 is 1.32 bits per heavy atom. The van der Waals surface area contributed by atoms with Gasteiger partial charge in [0.25, 0.3) is 5.91 Å². The molecule has 4 rings (SSSR count). The molecule has 0 spiro atoms. The Bertz CT molecular complexity index is 1320. The first-order valence-corrected chi connectivity index (χ1v) is 10.7. The van der Waals surface area contributed by atoms with Crippen LogP contribution in [-0.4, -0.2) is 36.1 Å². The summed E-state index contributed by atoms with van der Waals surface area (Å²) in [5, 5.41) is 18.8. The van der Waals surface area contributed by atoms with Gasteiger partial charge in [-0.05, 0) is 47.0 Å². The number of thiazole rings is 1. The molecular formula is C21H21N7O2S. The molecular weight excluding hydrogens is 414 g/mol. The molecule has 10 heteroatoms. The van der Waals surface area contributed by atoms with E-state index in [1.807, 2.05) is 35.8 Å². The lowest BCUT2D eigenvalue weighted by Crippen LogP contribution is -2.24. The average Bonchev–Trinajstić information content (AvgIpc) is 3.44. The molecule has 0 saturated heterocycles. The van der Waals surface area contributed by atoms with Crippen LogP contribution in [0.5, 0.6) is 0 Å². The molecule has 0 radical (unpaired) electrons. The number of tetrazole rings is 1. The van der Waals surface area contributed by atoms with Gasteiger partial charge in [0, 0.05) is 23.5 Å². The Hall–Kier alpha value is -3.66. The minimum atomic E-state index is -0.568. The molecule has 0 aliphatic carbocycles. The molecule has 3 aromatic heterocycles. The van der Waals surface area contributed by atoms with E-state index in [0.717, 1.165) is 21.8 Å². The quantitative estimate of drug-likeness (QED) is 0.478. The molecule has 0 aliphatic heterocycles. The van der Waals surface area contributed by atoms with Gasteiger partial charge in [-0.1, -0.05) is 31.1 Å². The highest BCUT2D eigenvalue weighted by Gasteiger charge is 2.16. The van der Waals surface area contributed by atoms with E-state index in [-0.39, 0.29) is 16.9 Å². The van der Waals surface area contributed by atoms with E-state index in [9.17, 15) is 9.59 Å². The van der Waals surface area contributed by atoms with Crippen molar-refractivity contribution in [1.29, 1.82) is 0 Å². The summed E-state index contributed by atoms with van der Waals surface area (Å²) in [6.07, 6.45) is 5.51. The molecule has 0 fully saturated rings. The molecule has 158 valence electrons. The molecule has 9 nitrogen and oxygen atoms in total. The standard InChI is InChI=1S/C21H21N7O2S/c1-4-28-10-15(20(30)23-21-24-26-27-25-21)19(29)14-7-5-13(9-17(14)28)6-8-18-22-16(11-31-18)12(2)3/h5-12H,4H2,1-3H3,(H2,23,24,25,26,27,30). The number of hydrogen-bond donors (Lipinski definition) is 2. The number of H-pyrrole nitrogens is 1. The maximum absolute atomic E-state index is 13.0. The molecule has 3 heterocycles. The second-order valence-electron chi connectivity index (χ2n) is 7.24. The van der Waals surface area contributed by atoms with Crippen molar-refractivity contribution in [2.45, 2.75) is 33.2 Å². The van der Waals surface area contributed by atoms with E-state index < -0.39 is 5.91 Å². The van der Waals surface area contributed by atoms with E-state index in [1.165, 1.54) is 0 Å². The van der Waals surface area contributed by atoms with Crippen LogP contribution in [0.3, 0.4) is 0 Å². The van der Waals surface area contributed by atoms with Crippen LogP contribution < -0.4 is 10.7 Å². The maximum atomic E-state index is 13.0. The number of carbonyl (C=O) groups excluding carboxylic acids is 1. The first-order chi connectivity index (χ1) is 15.0. The number of carbonyl (C=O) groups is 1. The molecule has 31 heavy (non-hydrogen) atoms. The lowest BCUT2D eigenvalue weighted by molar-refractivity contribution is 0.102. The van der Waals surface area contributed by atoms with Crippen LogP contribution in [0, 0.1) is 0 Å². The van der Waals surface area contributed by atoms with E-state index >= 15 is 0 Å². The molecule has 0 bridgehead atoms. The zero-order chi connectivity index (χ0) is 22.0. The summed E-state index contributed by atoms with van der Waals surface area (Å²) in [4.78, 5) is 30.1. The van der Waals surface area contributed by atoms with Gasteiger partial charge < -0.3 is 4.57 Å². The topological polar surface area (TPSA) is 118 Å². The minimum Gasteiger partial charge on any atom is -0.347 e. The Kier molecular flexibility index (Phi) is 5.72. The van der Waals surface area contributed by atoms with Crippen molar-refractivity contribution in [3.8, 4) is 0 Å². The van der Waals surface area contributed by atoms with Crippen LogP contribution in [0.4, 0.5) is 5.95 Å². The van der Waals surface area contributed by atoms with Gasteiger partial charge >= 0.3 is 0 Å². The maximum Gasteiger partial charge on any atom is 0.263 e. The fraction of sp³-hybridized carbons (Fsp3) is 0.238. The summed E-state index contributed by atoms with van der Waals surface area (Å²) in [7, 11) is 0. The van der Waals surface area contributed by atoms with Gasteiger partial charge in [0.15, 0.2) is 0 Å². The highest BCUT2D eigenvalue weighted by molar-refractivity contribution is 7.10. The second kappa shape index (κ2) is 8.60. The van der Waals surface area contributed by atoms with Crippen molar-refractivity contribution in [3.63, 3.8) is 0 Å². The van der Waals surface area contributed by atoms with E-state index in [2.05, 4.69) is 50.2 Å². The van der Waals surface area contributed by atoms with Crippen LogP contribution in [0.15, 0.2) is 34.6 Å². The second-order valence-corrected chi connectivity index (χ2v) is 8.13. The third-order valence-corrected chi connectivity index (χ3v) is 5.65. The number of pyridine rings is 1. The van der Waals surface area contributed by atoms with Gasteiger partial charge in [-0.25, -0.2) is 10.1 Å². The third-order valence-electron chi connectivity index (χ3n) is 4.82. The van der Waals surface area contributed by atoms with Crippen LogP contribution in [0.1, 0.15) is 53.3 Å².